The molecule has 180 valence electrons. The maximum Gasteiger partial charge on any atom is 0.324 e. The fraction of sp³-hybridized carbons (Fsp3) is 0.286. The number of carbonyl (C=O) groups excluding carboxylic acids is 1. The summed E-state index contributed by atoms with van der Waals surface area (Å²) in [5.74, 6) is -1.95. The van der Waals surface area contributed by atoms with E-state index >= 15 is 0 Å². The number of hydrogen-bond acceptors (Lipinski definition) is 7. The lowest BCUT2D eigenvalue weighted by atomic mass is 10.2. The number of aliphatic hydroxyl groups is 1. The van der Waals surface area contributed by atoms with Crippen LogP contribution in [0, 0.1) is 11.6 Å². The summed E-state index contributed by atoms with van der Waals surface area (Å²) < 4.78 is 44.5. The summed E-state index contributed by atoms with van der Waals surface area (Å²) in [4.78, 5) is 22.1. The van der Waals surface area contributed by atoms with Gasteiger partial charge in [0, 0.05) is 12.1 Å². The van der Waals surface area contributed by atoms with Gasteiger partial charge in [0.25, 0.3) is 0 Å². The number of ether oxygens (including phenoxy) is 3. The molecule has 0 aliphatic carbocycles. The number of nitrogens with one attached hydrogen (secondary N) is 1. The Kier molecular flexibility index (Phi) is 7.05. The number of hydrogen-bond donors (Lipinski definition) is 2. The zero-order chi connectivity index (χ0) is 24.4. The molecule has 2 aromatic rings. The zero-order valence-electron chi connectivity index (χ0n) is 17.6. The van der Waals surface area contributed by atoms with Gasteiger partial charge in [-0.1, -0.05) is 23.2 Å². The molecule has 34 heavy (non-hydrogen) atoms. The Hall–Kier alpha value is -3.15. The van der Waals surface area contributed by atoms with Gasteiger partial charge < -0.3 is 24.6 Å². The van der Waals surface area contributed by atoms with Crippen LogP contribution in [0.25, 0.3) is 0 Å². The predicted molar refractivity (Wildman–Crippen MR) is 122 cm³/mol. The van der Waals surface area contributed by atoms with Crippen molar-refractivity contribution in [2.24, 2.45) is 9.98 Å². The third-order valence-corrected chi connectivity index (χ3v) is 5.72. The minimum atomic E-state index is -1.13. The van der Waals surface area contributed by atoms with Crippen molar-refractivity contribution >= 4 is 46.4 Å². The van der Waals surface area contributed by atoms with Gasteiger partial charge in [0.1, 0.15) is 36.5 Å². The lowest BCUT2D eigenvalue weighted by Crippen LogP contribution is -2.40. The molecule has 2 aromatic carbocycles. The van der Waals surface area contributed by atoms with Crippen molar-refractivity contribution in [1.29, 1.82) is 0 Å². The molecule has 2 unspecified atom stereocenters. The number of aliphatic imine (C=N–C) groups is 2. The second-order valence-electron chi connectivity index (χ2n) is 7.08. The second-order valence-corrected chi connectivity index (χ2v) is 7.87. The molecule has 0 radical (unpaired) electrons. The minimum absolute atomic E-state index is 0.0503. The highest BCUT2D eigenvalue weighted by Gasteiger charge is 2.44. The van der Waals surface area contributed by atoms with Gasteiger partial charge in [0.2, 0.25) is 0 Å². The number of anilines is 1. The number of carbonyl (C=O) groups is 1. The smallest absolute Gasteiger partial charge is 0.324 e. The number of halogens is 4. The number of fused-ring (bicyclic) bond motifs is 1. The fourth-order valence-electron chi connectivity index (χ4n) is 3.51. The van der Waals surface area contributed by atoms with Crippen LogP contribution in [0.5, 0.6) is 17.2 Å². The number of rotatable bonds is 8. The number of methoxy groups -OCH3 is 1. The van der Waals surface area contributed by atoms with Crippen molar-refractivity contribution in [2.45, 2.75) is 18.8 Å². The first-order valence-electron chi connectivity index (χ1n) is 9.91. The number of aliphatic hydroxyl groups excluding tert-OH is 1. The first-order valence-corrected chi connectivity index (χ1v) is 10.7. The predicted octanol–water partition coefficient (Wildman–Crippen LogP) is 3.48. The Morgan fingerprint density at radius 1 is 1.18 bits per heavy atom. The third kappa shape index (κ3) is 4.46. The summed E-state index contributed by atoms with van der Waals surface area (Å²) in [7, 11) is 1.31. The molecular formula is C21H18Cl2F2N4O5. The molecule has 0 aromatic heterocycles. The SMILES string of the molecule is COc1ccc(F)c(F)c1COc1cc(N2C(=O)NC3C(Cl)=NC=NC32)c(Cl)cc1OCCO. The molecule has 2 aliphatic heterocycles. The summed E-state index contributed by atoms with van der Waals surface area (Å²) in [6, 6.07) is 3.79. The molecule has 9 nitrogen and oxygen atoms in total. The van der Waals surface area contributed by atoms with E-state index in [1.165, 1.54) is 36.5 Å². The van der Waals surface area contributed by atoms with Crippen molar-refractivity contribution in [1.82, 2.24) is 5.32 Å². The molecule has 13 heteroatoms. The van der Waals surface area contributed by atoms with E-state index in [0.29, 0.717) is 0 Å². The molecule has 2 atom stereocenters. The van der Waals surface area contributed by atoms with Crippen molar-refractivity contribution in [3.05, 3.63) is 46.5 Å². The van der Waals surface area contributed by atoms with E-state index in [-0.39, 0.29) is 51.9 Å². The largest absolute Gasteiger partial charge is 0.496 e. The molecule has 0 bridgehead atoms. The van der Waals surface area contributed by atoms with E-state index in [2.05, 4.69) is 15.3 Å². The van der Waals surface area contributed by atoms with Crippen LogP contribution in [0.4, 0.5) is 19.3 Å². The van der Waals surface area contributed by atoms with Crippen molar-refractivity contribution in [2.75, 3.05) is 25.2 Å². The minimum Gasteiger partial charge on any atom is -0.496 e. The maximum atomic E-state index is 14.4. The van der Waals surface area contributed by atoms with Crippen LogP contribution in [-0.2, 0) is 6.61 Å². The van der Waals surface area contributed by atoms with E-state index in [4.69, 9.17) is 42.5 Å². The standard InChI is InChI=1S/C21H18Cl2F2N4O5/c1-32-14-3-2-12(24)17(25)10(14)8-34-16-7-13(11(22)6-15(16)33-5-4-30)29-20-18(28-21(29)31)19(23)26-9-27-20/h2-3,6-7,9,18,20,30H,4-5,8H2,1H3,(H,28,31). The highest BCUT2D eigenvalue weighted by atomic mass is 35.5. The van der Waals surface area contributed by atoms with Crippen molar-refractivity contribution in [3.8, 4) is 17.2 Å². The Morgan fingerprint density at radius 2 is 1.94 bits per heavy atom. The van der Waals surface area contributed by atoms with Crippen LogP contribution in [0.3, 0.4) is 0 Å². The number of nitrogens with zero attached hydrogens (tertiary/aromatic N) is 3. The topological polar surface area (TPSA) is 105 Å². The Labute approximate surface area is 202 Å². The molecular weight excluding hydrogens is 497 g/mol. The van der Waals surface area contributed by atoms with Gasteiger partial charge in [-0.2, -0.15) is 0 Å². The highest BCUT2D eigenvalue weighted by molar-refractivity contribution is 6.67. The Morgan fingerprint density at radius 3 is 2.68 bits per heavy atom. The van der Waals surface area contributed by atoms with Crippen LogP contribution in [-0.4, -0.2) is 55.2 Å². The van der Waals surface area contributed by atoms with E-state index in [9.17, 15) is 13.6 Å². The summed E-state index contributed by atoms with van der Waals surface area (Å²) in [6.45, 7) is -0.816. The maximum absolute atomic E-state index is 14.4. The fourth-order valence-corrected chi connectivity index (χ4v) is 3.97. The summed E-state index contributed by atoms with van der Waals surface area (Å²) >= 11 is 12.5. The zero-order valence-corrected chi connectivity index (χ0v) is 19.1. The summed E-state index contributed by atoms with van der Waals surface area (Å²) in [5.41, 5.74) is 0.0409. The van der Waals surface area contributed by atoms with Crippen molar-refractivity contribution in [3.63, 3.8) is 0 Å². The molecule has 2 N–H and O–H groups in total. The lowest BCUT2D eigenvalue weighted by molar-refractivity contribution is 0.191. The molecule has 0 saturated carbocycles. The molecule has 2 heterocycles. The molecule has 1 fully saturated rings. The van der Waals surface area contributed by atoms with Gasteiger partial charge >= 0.3 is 6.03 Å². The average molecular weight is 515 g/mol. The van der Waals surface area contributed by atoms with Crippen LogP contribution in [0.2, 0.25) is 5.02 Å². The molecule has 4 rings (SSSR count). The van der Waals surface area contributed by atoms with Crippen LogP contribution < -0.4 is 24.4 Å². The first kappa shape index (κ1) is 24.0. The quantitative estimate of drug-likeness (QED) is 0.561. The van der Waals surface area contributed by atoms with Crippen molar-refractivity contribution < 1.29 is 32.9 Å². The van der Waals surface area contributed by atoms with Gasteiger partial charge in [-0.25, -0.2) is 23.6 Å². The normalized spacial score (nSPS) is 18.9. The van der Waals surface area contributed by atoms with Gasteiger partial charge in [0.05, 0.1) is 30.0 Å². The van der Waals surface area contributed by atoms with Gasteiger partial charge in [-0.05, 0) is 12.1 Å². The van der Waals surface area contributed by atoms with Gasteiger partial charge in [-0.3, -0.25) is 4.90 Å². The summed E-state index contributed by atoms with van der Waals surface area (Å²) in [6.07, 6.45) is 0.479. The van der Waals surface area contributed by atoms with E-state index in [1.54, 1.807) is 0 Å². The molecule has 0 spiro atoms. The Bertz CT molecular complexity index is 1180. The molecule has 1 saturated heterocycles. The second kappa shape index (κ2) is 10.00. The highest BCUT2D eigenvalue weighted by Crippen LogP contribution is 2.41. The van der Waals surface area contributed by atoms with E-state index < -0.39 is 36.5 Å². The number of benzene rings is 2. The first-order chi connectivity index (χ1) is 16.3. The molecule has 2 amide bonds. The monoisotopic (exact) mass is 514 g/mol. The van der Waals surface area contributed by atoms with E-state index in [0.717, 1.165) is 6.07 Å². The third-order valence-electron chi connectivity index (χ3n) is 5.08. The number of urea groups is 1. The lowest BCUT2D eigenvalue weighted by Gasteiger charge is -2.25. The van der Waals surface area contributed by atoms with Gasteiger partial charge in [0.15, 0.2) is 29.3 Å². The van der Waals surface area contributed by atoms with Gasteiger partial charge in [-0.15, -0.1) is 0 Å². The van der Waals surface area contributed by atoms with Crippen LogP contribution in [0.15, 0.2) is 34.3 Å². The molecule has 2 aliphatic rings. The average Bonchev–Trinajstić information content (AvgIpc) is 3.16. The summed E-state index contributed by atoms with van der Waals surface area (Å²) in [5, 5.41) is 12.1. The van der Waals surface area contributed by atoms with E-state index in [1.807, 2.05) is 0 Å². The number of amides is 2. The Balaban J connectivity index is 1.70. The van der Waals surface area contributed by atoms with Crippen LogP contribution >= 0.6 is 23.2 Å². The van der Waals surface area contributed by atoms with Crippen LogP contribution in [0.1, 0.15) is 5.56 Å².